The second-order valence-corrected chi connectivity index (χ2v) is 3.03. The molecule has 0 bridgehead atoms. The lowest BCUT2D eigenvalue weighted by Gasteiger charge is -2.04. The second-order valence-electron chi connectivity index (χ2n) is 3.03. The summed E-state index contributed by atoms with van der Waals surface area (Å²) in [6.07, 6.45) is 0. The summed E-state index contributed by atoms with van der Waals surface area (Å²) >= 11 is 0. The highest BCUT2D eigenvalue weighted by atomic mass is 16.2. The minimum atomic E-state index is -0.701. The first-order valence-electron chi connectivity index (χ1n) is 3.96. The van der Waals surface area contributed by atoms with Crippen molar-refractivity contribution in [3.05, 3.63) is 11.1 Å². The fourth-order valence-electron chi connectivity index (χ4n) is 1.29. The van der Waals surface area contributed by atoms with Gasteiger partial charge in [0.05, 0.1) is 11.1 Å². The predicted molar refractivity (Wildman–Crippen MR) is 46.2 cm³/mol. The molecule has 0 fully saturated rings. The summed E-state index contributed by atoms with van der Waals surface area (Å²) in [5.74, 6) is -2.52. The van der Waals surface area contributed by atoms with E-state index in [2.05, 4.69) is 0 Å². The fraction of sp³-hybridized carbons (Fsp3) is 0.333. The Labute approximate surface area is 80.4 Å². The lowest BCUT2D eigenvalue weighted by molar-refractivity contribution is -0.136. The maximum absolute atomic E-state index is 11.3. The van der Waals surface area contributed by atoms with E-state index >= 15 is 0 Å². The topological polar surface area (TPSA) is 71.5 Å². The molecule has 0 radical (unpaired) electrons. The monoisotopic (exact) mass is 195 g/mol. The average Bonchev–Trinajstić information content (AvgIpc) is 2.29. The van der Waals surface area contributed by atoms with Gasteiger partial charge in [-0.2, -0.15) is 0 Å². The van der Waals surface area contributed by atoms with Gasteiger partial charge in [0.1, 0.15) is 0 Å². The van der Waals surface area contributed by atoms with Gasteiger partial charge >= 0.3 is 0 Å². The van der Waals surface area contributed by atoms with E-state index in [1.54, 1.807) is 0 Å². The number of likely N-dealkylation sites (N-methyl/N-ethyl adjacent to an activating group) is 1. The van der Waals surface area contributed by atoms with Crippen molar-refractivity contribution in [3.8, 4) is 0 Å². The van der Waals surface area contributed by atoms with Crippen molar-refractivity contribution in [2.75, 3.05) is 7.05 Å². The minimum absolute atomic E-state index is 0.301. The molecule has 0 saturated heterocycles. The van der Waals surface area contributed by atoms with Crippen molar-refractivity contribution in [1.82, 2.24) is 4.90 Å². The Balaban J connectivity index is 3.40. The lowest BCUT2D eigenvalue weighted by Crippen LogP contribution is -2.28. The molecule has 0 aromatic rings. The van der Waals surface area contributed by atoms with Crippen LogP contribution in [0.4, 0.5) is 0 Å². The summed E-state index contributed by atoms with van der Waals surface area (Å²) < 4.78 is 0. The summed E-state index contributed by atoms with van der Waals surface area (Å²) in [7, 11) is 1.24. The molecule has 1 heterocycles. The van der Waals surface area contributed by atoms with Gasteiger partial charge in [-0.3, -0.25) is 24.1 Å². The quantitative estimate of drug-likeness (QED) is 0.438. The van der Waals surface area contributed by atoms with Crippen molar-refractivity contribution in [2.45, 2.75) is 13.8 Å². The summed E-state index contributed by atoms with van der Waals surface area (Å²) in [4.78, 5) is 45.6. The van der Waals surface area contributed by atoms with Gasteiger partial charge in [-0.15, -0.1) is 0 Å². The highest BCUT2D eigenvalue weighted by molar-refractivity contribution is 6.39. The third-order valence-corrected chi connectivity index (χ3v) is 1.99. The summed E-state index contributed by atoms with van der Waals surface area (Å²) in [5.41, 5.74) is -0.602. The Morgan fingerprint density at radius 1 is 0.929 bits per heavy atom. The molecule has 0 saturated carbocycles. The number of rotatable bonds is 2. The molecular formula is C9H9NO4. The van der Waals surface area contributed by atoms with Gasteiger partial charge in [-0.1, -0.05) is 0 Å². The van der Waals surface area contributed by atoms with Crippen molar-refractivity contribution >= 4 is 23.4 Å². The molecule has 2 amide bonds. The molecule has 0 N–H and O–H groups in total. The highest BCUT2D eigenvalue weighted by Gasteiger charge is 2.39. The number of hydrogen-bond donors (Lipinski definition) is 0. The molecular weight excluding hydrogens is 186 g/mol. The molecule has 0 unspecified atom stereocenters. The molecule has 0 spiro atoms. The summed E-state index contributed by atoms with van der Waals surface area (Å²) in [6.45, 7) is 2.31. The summed E-state index contributed by atoms with van der Waals surface area (Å²) in [5, 5.41) is 0. The zero-order valence-electron chi connectivity index (χ0n) is 8.08. The number of amides is 2. The van der Waals surface area contributed by atoms with Crippen LogP contribution >= 0.6 is 0 Å². The molecule has 0 aliphatic carbocycles. The van der Waals surface area contributed by atoms with Gasteiger partial charge in [-0.05, 0) is 13.8 Å². The van der Waals surface area contributed by atoms with E-state index in [9.17, 15) is 19.2 Å². The number of nitrogens with zero attached hydrogens (tertiary/aromatic N) is 1. The van der Waals surface area contributed by atoms with Crippen LogP contribution < -0.4 is 0 Å². The molecule has 1 aliphatic rings. The number of Topliss-reactive ketones (excluding diaryl/α,β-unsaturated/α-hetero) is 2. The standard InChI is InChI=1S/C9H9NO4/c1-4(11)6-7(5(2)12)9(14)10(3)8(6)13/h1-3H3. The van der Waals surface area contributed by atoms with Crippen LogP contribution in [0.1, 0.15) is 13.8 Å². The fourth-order valence-corrected chi connectivity index (χ4v) is 1.29. The van der Waals surface area contributed by atoms with Crippen molar-refractivity contribution < 1.29 is 19.2 Å². The Kier molecular flexibility index (Phi) is 2.33. The number of ketones is 2. The Hall–Kier alpha value is -1.78. The first-order valence-corrected chi connectivity index (χ1v) is 3.96. The van der Waals surface area contributed by atoms with E-state index in [0.717, 1.165) is 18.7 Å². The van der Waals surface area contributed by atoms with Crippen LogP contribution in [0.3, 0.4) is 0 Å². The van der Waals surface area contributed by atoms with Gasteiger partial charge in [-0.25, -0.2) is 0 Å². The Morgan fingerprint density at radius 3 is 1.43 bits per heavy atom. The normalized spacial score (nSPS) is 16.6. The number of hydrogen-bond acceptors (Lipinski definition) is 4. The molecule has 0 atom stereocenters. The van der Waals surface area contributed by atoms with Crippen LogP contribution in [0.2, 0.25) is 0 Å². The smallest absolute Gasteiger partial charge is 0.265 e. The molecule has 5 nitrogen and oxygen atoms in total. The van der Waals surface area contributed by atoms with Gasteiger partial charge in [0.15, 0.2) is 11.6 Å². The van der Waals surface area contributed by atoms with Gasteiger partial charge in [0, 0.05) is 7.05 Å². The van der Waals surface area contributed by atoms with Crippen LogP contribution in [0, 0.1) is 0 Å². The number of carbonyl (C=O) groups is 4. The largest absolute Gasteiger partial charge is 0.294 e. The SMILES string of the molecule is CC(=O)C1=C(C(C)=O)C(=O)N(C)C1=O. The Morgan fingerprint density at radius 2 is 1.21 bits per heavy atom. The van der Waals surface area contributed by atoms with Crippen LogP contribution in [-0.2, 0) is 19.2 Å². The van der Waals surface area contributed by atoms with Crippen molar-refractivity contribution in [1.29, 1.82) is 0 Å². The van der Waals surface area contributed by atoms with E-state index in [0.29, 0.717) is 0 Å². The number of carbonyl (C=O) groups excluding carboxylic acids is 4. The zero-order chi connectivity index (χ0) is 11.0. The first kappa shape index (κ1) is 10.3. The maximum Gasteiger partial charge on any atom is 0.265 e. The first-order chi connectivity index (χ1) is 6.37. The molecule has 1 rings (SSSR count). The van der Waals surface area contributed by atoms with Crippen LogP contribution in [0.15, 0.2) is 11.1 Å². The third-order valence-electron chi connectivity index (χ3n) is 1.99. The minimum Gasteiger partial charge on any atom is -0.294 e. The predicted octanol–water partition coefficient (Wildman–Crippen LogP) is -0.540. The van der Waals surface area contributed by atoms with Gasteiger partial charge in [0.25, 0.3) is 11.8 Å². The van der Waals surface area contributed by atoms with Crippen molar-refractivity contribution in [3.63, 3.8) is 0 Å². The second kappa shape index (κ2) is 3.17. The van der Waals surface area contributed by atoms with Crippen LogP contribution in [0.5, 0.6) is 0 Å². The van der Waals surface area contributed by atoms with Gasteiger partial charge < -0.3 is 0 Å². The van der Waals surface area contributed by atoms with E-state index in [1.807, 2.05) is 0 Å². The molecule has 0 aromatic heterocycles. The number of imide groups is 1. The van der Waals surface area contributed by atoms with E-state index in [4.69, 9.17) is 0 Å². The molecule has 0 aromatic carbocycles. The molecule has 5 heteroatoms. The van der Waals surface area contributed by atoms with Crippen LogP contribution in [0.25, 0.3) is 0 Å². The van der Waals surface area contributed by atoms with E-state index < -0.39 is 23.4 Å². The molecule has 74 valence electrons. The molecule has 14 heavy (non-hydrogen) atoms. The molecule has 1 aliphatic heterocycles. The van der Waals surface area contributed by atoms with Crippen LogP contribution in [-0.4, -0.2) is 35.3 Å². The highest BCUT2D eigenvalue weighted by Crippen LogP contribution is 2.20. The maximum atomic E-state index is 11.3. The zero-order valence-corrected chi connectivity index (χ0v) is 8.08. The third kappa shape index (κ3) is 1.26. The lowest BCUT2D eigenvalue weighted by atomic mass is 10.0. The van der Waals surface area contributed by atoms with E-state index in [-0.39, 0.29) is 11.1 Å². The Bertz CT molecular complexity index is 356. The van der Waals surface area contributed by atoms with E-state index in [1.165, 1.54) is 7.05 Å². The average molecular weight is 195 g/mol. The van der Waals surface area contributed by atoms with Gasteiger partial charge in [0.2, 0.25) is 0 Å². The summed E-state index contributed by atoms with van der Waals surface area (Å²) in [6, 6.07) is 0. The van der Waals surface area contributed by atoms with Crippen molar-refractivity contribution in [2.24, 2.45) is 0 Å².